The van der Waals surface area contributed by atoms with Gasteiger partial charge in [0.2, 0.25) is 0 Å². The molecule has 22 heavy (non-hydrogen) atoms. The second-order valence-corrected chi connectivity index (χ2v) is 8.52. The Morgan fingerprint density at radius 2 is 1.68 bits per heavy atom. The summed E-state index contributed by atoms with van der Waals surface area (Å²) in [4.78, 5) is -0.201. The Morgan fingerprint density at radius 3 is 2.27 bits per heavy atom. The van der Waals surface area contributed by atoms with Gasteiger partial charge in [0.05, 0.1) is 15.5 Å². The van der Waals surface area contributed by atoms with Crippen molar-refractivity contribution in [2.24, 2.45) is 0 Å². The van der Waals surface area contributed by atoms with Crippen LogP contribution in [-0.2, 0) is 19.9 Å². The van der Waals surface area contributed by atoms with Crippen molar-refractivity contribution < 1.29 is 21.9 Å². The van der Waals surface area contributed by atoms with E-state index in [-0.39, 0.29) is 21.2 Å². The largest absolute Gasteiger partial charge is 0.508 e. The molecule has 2 N–H and O–H groups in total. The number of sulfonamides is 1. The lowest BCUT2D eigenvalue weighted by atomic mass is 10.2. The van der Waals surface area contributed by atoms with Gasteiger partial charge in [0, 0.05) is 12.3 Å². The van der Waals surface area contributed by atoms with E-state index in [1.807, 2.05) is 0 Å². The third kappa shape index (κ3) is 3.58. The summed E-state index contributed by atoms with van der Waals surface area (Å²) in [6.07, 6.45) is 1.01. The van der Waals surface area contributed by atoms with Crippen LogP contribution in [-0.4, -0.2) is 28.2 Å². The Kier molecular flexibility index (Phi) is 4.17. The van der Waals surface area contributed by atoms with Crippen LogP contribution in [0.1, 0.15) is 5.56 Å². The van der Waals surface area contributed by atoms with Gasteiger partial charge in [-0.05, 0) is 36.8 Å². The smallest absolute Gasteiger partial charge is 0.262 e. The normalized spacial score (nSPS) is 12.1. The lowest BCUT2D eigenvalue weighted by Gasteiger charge is -2.11. The highest BCUT2D eigenvalue weighted by Crippen LogP contribution is 2.24. The maximum atomic E-state index is 12.4. The minimum Gasteiger partial charge on any atom is -0.508 e. The van der Waals surface area contributed by atoms with Crippen LogP contribution in [0.3, 0.4) is 0 Å². The van der Waals surface area contributed by atoms with E-state index in [1.54, 1.807) is 6.92 Å². The molecule has 6 nitrogen and oxygen atoms in total. The van der Waals surface area contributed by atoms with Gasteiger partial charge in [-0.1, -0.05) is 12.1 Å². The SMILES string of the molecule is Cc1ccc(S(C)(=O)=O)cc1S(=O)(=O)Nc1cccc(O)c1. The van der Waals surface area contributed by atoms with Crippen molar-refractivity contribution in [3.05, 3.63) is 48.0 Å². The number of sulfone groups is 1. The van der Waals surface area contributed by atoms with Gasteiger partial charge < -0.3 is 5.11 Å². The minimum atomic E-state index is -3.97. The third-order valence-corrected chi connectivity index (χ3v) is 5.61. The molecular formula is C14H15NO5S2. The Labute approximate surface area is 129 Å². The monoisotopic (exact) mass is 341 g/mol. The molecule has 0 amide bonds. The molecule has 2 aromatic carbocycles. The van der Waals surface area contributed by atoms with E-state index in [2.05, 4.69) is 4.72 Å². The zero-order valence-electron chi connectivity index (χ0n) is 11.9. The molecule has 0 fully saturated rings. The molecule has 0 heterocycles. The van der Waals surface area contributed by atoms with E-state index >= 15 is 0 Å². The van der Waals surface area contributed by atoms with Gasteiger partial charge in [-0.3, -0.25) is 4.72 Å². The first-order valence-corrected chi connectivity index (χ1v) is 9.59. The number of aryl methyl sites for hydroxylation is 1. The number of nitrogens with one attached hydrogen (secondary N) is 1. The molecule has 2 aromatic rings. The molecule has 0 spiro atoms. The quantitative estimate of drug-likeness (QED) is 0.884. The van der Waals surface area contributed by atoms with Gasteiger partial charge in [-0.15, -0.1) is 0 Å². The van der Waals surface area contributed by atoms with Crippen LogP contribution in [0.5, 0.6) is 5.75 Å². The predicted octanol–water partition coefficient (Wildman–Crippen LogP) is 1.90. The number of anilines is 1. The Morgan fingerprint density at radius 1 is 1.00 bits per heavy atom. The number of phenolic OH excluding ortho intramolecular Hbond substituents is 1. The lowest BCUT2D eigenvalue weighted by Crippen LogP contribution is -2.15. The van der Waals surface area contributed by atoms with Crippen LogP contribution < -0.4 is 4.72 Å². The molecule has 8 heteroatoms. The Bertz CT molecular complexity index is 918. The van der Waals surface area contributed by atoms with Crippen LogP contribution in [0.4, 0.5) is 5.69 Å². The van der Waals surface area contributed by atoms with Crippen LogP contribution >= 0.6 is 0 Å². The second kappa shape index (κ2) is 5.62. The highest BCUT2D eigenvalue weighted by atomic mass is 32.2. The van der Waals surface area contributed by atoms with Crippen LogP contribution in [0.15, 0.2) is 52.3 Å². The highest BCUT2D eigenvalue weighted by Gasteiger charge is 2.20. The van der Waals surface area contributed by atoms with Crippen LogP contribution in [0.25, 0.3) is 0 Å². The number of benzene rings is 2. The molecule has 0 saturated heterocycles. The number of rotatable bonds is 4. The van der Waals surface area contributed by atoms with Crippen molar-refractivity contribution in [2.75, 3.05) is 11.0 Å². The van der Waals surface area contributed by atoms with E-state index in [1.165, 1.54) is 36.4 Å². The zero-order valence-corrected chi connectivity index (χ0v) is 13.6. The molecule has 0 aliphatic carbocycles. The van der Waals surface area contributed by atoms with E-state index < -0.39 is 19.9 Å². The molecule has 0 aliphatic heterocycles. The van der Waals surface area contributed by atoms with Gasteiger partial charge in [0.25, 0.3) is 10.0 Å². The fraction of sp³-hybridized carbons (Fsp3) is 0.143. The molecular weight excluding hydrogens is 326 g/mol. The number of phenols is 1. The summed E-state index contributed by atoms with van der Waals surface area (Å²) < 4.78 is 50.3. The van der Waals surface area contributed by atoms with E-state index in [0.717, 1.165) is 12.3 Å². The molecule has 118 valence electrons. The number of hydrogen-bond acceptors (Lipinski definition) is 5. The maximum Gasteiger partial charge on any atom is 0.262 e. The third-order valence-electron chi connectivity index (χ3n) is 2.98. The van der Waals surface area contributed by atoms with Crippen molar-refractivity contribution in [1.29, 1.82) is 0 Å². The van der Waals surface area contributed by atoms with E-state index in [4.69, 9.17) is 0 Å². The zero-order chi connectivity index (χ0) is 16.5. The molecule has 0 aliphatic rings. The van der Waals surface area contributed by atoms with E-state index in [9.17, 15) is 21.9 Å². The lowest BCUT2D eigenvalue weighted by molar-refractivity contribution is 0.475. The summed E-state index contributed by atoms with van der Waals surface area (Å²) in [5, 5.41) is 9.37. The van der Waals surface area contributed by atoms with Crippen molar-refractivity contribution in [3.8, 4) is 5.75 Å². The molecule has 2 rings (SSSR count). The second-order valence-electron chi connectivity index (χ2n) is 4.86. The van der Waals surface area contributed by atoms with Gasteiger partial charge in [-0.25, -0.2) is 16.8 Å². The first-order valence-electron chi connectivity index (χ1n) is 6.22. The molecule has 0 radical (unpaired) electrons. The summed E-state index contributed by atoms with van der Waals surface area (Å²) in [6.45, 7) is 1.57. The van der Waals surface area contributed by atoms with Crippen LogP contribution in [0, 0.1) is 6.92 Å². The summed E-state index contributed by atoms with van der Waals surface area (Å²) in [5.41, 5.74) is 0.601. The van der Waals surface area contributed by atoms with Gasteiger partial charge in [0.1, 0.15) is 5.75 Å². The standard InChI is InChI=1S/C14H15NO5S2/c1-10-6-7-13(21(2,17)18)9-14(10)22(19,20)15-11-4-3-5-12(16)8-11/h3-9,15-16H,1-2H3. The summed E-state index contributed by atoms with van der Waals surface area (Å²) in [5.74, 6) is -0.0817. The van der Waals surface area contributed by atoms with Gasteiger partial charge in [-0.2, -0.15) is 0 Å². The Hall–Kier alpha value is -2.06. The van der Waals surface area contributed by atoms with Gasteiger partial charge >= 0.3 is 0 Å². The van der Waals surface area contributed by atoms with Crippen LogP contribution in [0.2, 0.25) is 0 Å². The highest BCUT2D eigenvalue weighted by molar-refractivity contribution is 7.93. The average molecular weight is 341 g/mol. The molecule has 0 aromatic heterocycles. The van der Waals surface area contributed by atoms with Gasteiger partial charge in [0.15, 0.2) is 9.84 Å². The first-order chi connectivity index (χ1) is 10.1. The van der Waals surface area contributed by atoms with E-state index in [0.29, 0.717) is 5.56 Å². The van der Waals surface area contributed by atoms with Crippen molar-refractivity contribution in [2.45, 2.75) is 16.7 Å². The Balaban J connectivity index is 2.50. The summed E-state index contributed by atoms with van der Waals surface area (Å²) in [7, 11) is -7.48. The molecule has 0 bridgehead atoms. The number of aromatic hydroxyl groups is 1. The number of hydrogen-bond donors (Lipinski definition) is 2. The molecule has 0 unspecified atom stereocenters. The average Bonchev–Trinajstić information content (AvgIpc) is 2.36. The topological polar surface area (TPSA) is 101 Å². The summed E-state index contributed by atoms with van der Waals surface area (Å²) >= 11 is 0. The van der Waals surface area contributed by atoms with Crippen molar-refractivity contribution in [1.82, 2.24) is 0 Å². The first kappa shape index (κ1) is 16.3. The summed E-state index contributed by atoms with van der Waals surface area (Å²) in [6, 6.07) is 9.56. The fourth-order valence-corrected chi connectivity index (χ4v) is 3.92. The van der Waals surface area contributed by atoms with Crippen molar-refractivity contribution >= 4 is 25.5 Å². The molecule has 0 saturated carbocycles. The fourth-order valence-electron chi connectivity index (χ4n) is 1.88. The maximum absolute atomic E-state index is 12.4. The predicted molar refractivity (Wildman–Crippen MR) is 83.2 cm³/mol. The van der Waals surface area contributed by atoms with Crippen molar-refractivity contribution in [3.63, 3.8) is 0 Å². The molecule has 0 atom stereocenters. The minimum absolute atomic E-state index is 0.0746.